The number of nitrogens with zero attached hydrogens (tertiary/aromatic N) is 1. The third-order valence-corrected chi connectivity index (χ3v) is 6.04. The highest BCUT2D eigenvalue weighted by Crippen LogP contribution is 2.28. The van der Waals surface area contributed by atoms with Gasteiger partial charge in [-0.15, -0.1) is 0 Å². The molecule has 2 aromatic rings. The molecular weight excluding hydrogens is 392 g/mol. The zero-order chi connectivity index (χ0) is 21.8. The van der Waals surface area contributed by atoms with Crippen molar-refractivity contribution in [2.75, 3.05) is 13.6 Å². The normalized spacial score (nSPS) is 19.3. The Labute approximate surface area is 182 Å². The lowest BCUT2D eigenvalue weighted by molar-refractivity contribution is -0.136. The van der Waals surface area contributed by atoms with Gasteiger partial charge in [-0.2, -0.15) is 0 Å². The van der Waals surface area contributed by atoms with Gasteiger partial charge in [0.05, 0.1) is 0 Å². The van der Waals surface area contributed by atoms with Gasteiger partial charge in [-0.1, -0.05) is 42.5 Å². The van der Waals surface area contributed by atoms with E-state index in [9.17, 15) is 14.4 Å². The number of rotatable bonds is 8. The molecular formula is C24H28N4O3. The van der Waals surface area contributed by atoms with Crippen molar-refractivity contribution in [1.82, 2.24) is 20.9 Å². The summed E-state index contributed by atoms with van der Waals surface area (Å²) in [5, 5.41) is 9.20. The molecule has 1 saturated heterocycles. The molecule has 2 aliphatic heterocycles. The second-order valence-electron chi connectivity index (χ2n) is 8.20. The maximum Gasteiger partial charge on any atom is 0.255 e. The van der Waals surface area contributed by atoms with Crippen LogP contribution in [-0.2, 0) is 29.1 Å². The van der Waals surface area contributed by atoms with E-state index < -0.39 is 6.04 Å². The molecule has 2 unspecified atom stereocenters. The zero-order valence-electron chi connectivity index (χ0n) is 17.7. The number of piperidine rings is 1. The fraction of sp³-hybridized carbons (Fsp3) is 0.375. The SMILES string of the molecule is CNC(CNCc1ccc2c(c1)CN(C1CCC(=O)NC1=O)C2=O)Cc1ccccc1. The van der Waals surface area contributed by atoms with Crippen molar-refractivity contribution in [1.29, 1.82) is 0 Å². The summed E-state index contributed by atoms with van der Waals surface area (Å²) in [6.07, 6.45) is 1.59. The van der Waals surface area contributed by atoms with E-state index in [0.29, 0.717) is 31.1 Å². The number of carbonyl (C=O) groups excluding carboxylic acids is 3. The molecule has 0 aromatic heterocycles. The summed E-state index contributed by atoms with van der Waals surface area (Å²) < 4.78 is 0. The van der Waals surface area contributed by atoms with Gasteiger partial charge in [0.2, 0.25) is 11.8 Å². The van der Waals surface area contributed by atoms with Crippen LogP contribution >= 0.6 is 0 Å². The van der Waals surface area contributed by atoms with Crippen LogP contribution < -0.4 is 16.0 Å². The van der Waals surface area contributed by atoms with Gasteiger partial charge in [0.15, 0.2) is 0 Å². The smallest absolute Gasteiger partial charge is 0.255 e. The zero-order valence-corrected chi connectivity index (χ0v) is 17.7. The van der Waals surface area contributed by atoms with Crippen LogP contribution in [-0.4, -0.2) is 48.3 Å². The highest BCUT2D eigenvalue weighted by atomic mass is 16.2. The number of imide groups is 1. The molecule has 2 atom stereocenters. The van der Waals surface area contributed by atoms with Crippen molar-refractivity contribution in [3.8, 4) is 0 Å². The van der Waals surface area contributed by atoms with Gasteiger partial charge in [0.25, 0.3) is 5.91 Å². The lowest BCUT2D eigenvalue weighted by Crippen LogP contribution is -2.52. The van der Waals surface area contributed by atoms with Crippen LogP contribution in [0.15, 0.2) is 48.5 Å². The molecule has 0 radical (unpaired) electrons. The number of hydrogen-bond donors (Lipinski definition) is 3. The van der Waals surface area contributed by atoms with E-state index in [-0.39, 0.29) is 24.1 Å². The monoisotopic (exact) mass is 420 g/mol. The molecule has 3 amide bonds. The van der Waals surface area contributed by atoms with Gasteiger partial charge in [-0.25, -0.2) is 0 Å². The Hall–Kier alpha value is -3.03. The number of fused-ring (bicyclic) bond motifs is 1. The van der Waals surface area contributed by atoms with Gasteiger partial charge in [0, 0.05) is 37.7 Å². The molecule has 2 heterocycles. The van der Waals surface area contributed by atoms with Crippen LogP contribution in [0.1, 0.15) is 39.9 Å². The molecule has 7 heteroatoms. The third-order valence-electron chi connectivity index (χ3n) is 6.04. The van der Waals surface area contributed by atoms with E-state index in [1.54, 1.807) is 4.90 Å². The molecule has 7 nitrogen and oxygen atoms in total. The summed E-state index contributed by atoms with van der Waals surface area (Å²) >= 11 is 0. The third kappa shape index (κ3) is 4.84. The molecule has 4 rings (SSSR count). The average molecular weight is 421 g/mol. The van der Waals surface area contributed by atoms with Crippen molar-refractivity contribution in [3.63, 3.8) is 0 Å². The Bertz CT molecular complexity index is 976. The first-order valence-corrected chi connectivity index (χ1v) is 10.7. The van der Waals surface area contributed by atoms with Crippen molar-refractivity contribution >= 4 is 17.7 Å². The van der Waals surface area contributed by atoms with Crippen LogP contribution in [0.5, 0.6) is 0 Å². The first kappa shape index (κ1) is 21.2. The van der Waals surface area contributed by atoms with Crippen LogP contribution in [0.4, 0.5) is 0 Å². The molecule has 2 aliphatic rings. The lowest BCUT2D eigenvalue weighted by Gasteiger charge is -2.29. The molecule has 0 saturated carbocycles. The summed E-state index contributed by atoms with van der Waals surface area (Å²) in [4.78, 5) is 38.0. The molecule has 0 spiro atoms. The predicted octanol–water partition coefficient (Wildman–Crippen LogP) is 1.37. The first-order chi connectivity index (χ1) is 15.0. The summed E-state index contributed by atoms with van der Waals surface area (Å²) in [7, 11) is 1.97. The van der Waals surface area contributed by atoms with Gasteiger partial charge < -0.3 is 15.5 Å². The van der Waals surface area contributed by atoms with Gasteiger partial charge in [-0.05, 0) is 42.6 Å². The van der Waals surface area contributed by atoms with Gasteiger partial charge in [-0.3, -0.25) is 19.7 Å². The van der Waals surface area contributed by atoms with Gasteiger partial charge >= 0.3 is 0 Å². The minimum atomic E-state index is -0.575. The second-order valence-corrected chi connectivity index (χ2v) is 8.20. The Kier molecular flexibility index (Phi) is 6.44. The van der Waals surface area contributed by atoms with Gasteiger partial charge in [0.1, 0.15) is 6.04 Å². The minimum absolute atomic E-state index is 0.137. The predicted molar refractivity (Wildman–Crippen MR) is 117 cm³/mol. The molecule has 162 valence electrons. The highest BCUT2D eigenvalue weighted by Gasteiger charge is 2.38. The Balaban J connectivity index is 1.34. The standard InChI is InChI=1S/C24H28N4O3/c1-25-19(12-16-5-3-2-4-6-16)14-26-13-17-7-8-20-18(11-17)15-28(24(20)31)21-9-10-22(29)27-23(21)30/h2-8,11,19,21,25-26H,9-10,12-15H2,1H3,(H,27,29,30). The van der Waals surface area contributed by atoms with E-state index in [1.165, 1.54) is 5.56 Å². The molecule has 3 N–H and O–H groups in total. The van der Waals surface area contributed by atoms with E-state index in [1.807, 2.05) is 31.3 Å². The average Bonchev–Trinajstić information content (AvgIpc) is 3.09. The second kappa shape index (κ2) is 9.41. The number of benzene rings is 2. The Morgan fingerprint density at radius 3 is 2.65 bits per heavy atom. The molecule has 31 heavy (non-hydrogen) atoms. The van der Waals surface area contributed by atoms with E-state index in [4.69, 9.17) is 0 Å². The number of hydrogen-bond acceptors (Lipinski definition) is 5. The van der Waals surface area contributed by atoms with Crippen LogP contribution in [0.25, 0.3) is 0 Å². The van der Waals surface area contributed by atoms with Crippen molar-refractivity contribution in [2.45, 2.75) is 44.4 Å². The quantitative estimate of drug-likeness (QED) is 0.561. The van der Waals surface area contributed by atoms with Crippen molar-refractivity contribution in [2.24, 2.45) is 0 Å². The first-order valence-electron chi connectivity index (χ1n) is 10.7. The van der Waals surface area contributed by atoms with Crippen LogP contribution in [0.3, 0.4) is 0 Å². The highest BCUT2D eigenvalue weighted by molar-refractivity contribution is 6.05. The van der Waals surface area contributed by atoms with E-state index >= 15 is 0 Å². The number of nitrogens with one attached hydrogen (secondary N) is 3. The van der Waals surface area contributed by atoms with Crippen LogP contribution in [0.2, 0.25) is 0 Å². The molecule has 0 aliphatic carbocycles. The number of carbonyl (C=O) groups is 3. The maximum atomic E-state index is 12.8. The molecule has 2 aromatic carbocycles. The Morgan fingerprint density at radius 2 is 1.90 bits per heavy atom. The van der Waals surface area contributed by atoms with E-state index in [0.717, 1.165) is 24.1 Å². The molecule has 1 fully saturated rings. The summed E-state index contributed by atoms with van der Waals surface area (Å²) in [5.74, 6) is -0.788. The lowest BCUT2D eigenvalue weighted by atomic mass is 10.0. The Morgan fingerprint density at radius 1 is 1.10 bits per heavy atom. The van der Waals surface area contributed by atoms with Crippen molar-refractivity contribution < 1.29 is 14.4 Å². The fourth-order valence-corrected chi connectivity index (χ4v) is 4.30. The minimum Gasteiger partial charge on any atom is -0.322 e. The number of amides is 3. The largest absolute Gasteiger partial charge is 0.322 e. The summed E-state index contributed by atoms with van der Waals surface area (Å²) in [5.41, 5.74) is 3.98. The summed E-state index contributed by atoms with van der Waals surface area (Å²) in [6, 6.07) is 16.0. The topological polar surface area (TPSA) is 90.5 Å². The van der Waals surface area contributed by atoms with Crippen molar-refractivity contribution in [3.05, 3.63) is 70.8 Å². The fourth-order valence-electron chi connectivity index (χ4n) is 4.30. The van der Waals surface area contributed by atoms with E-state index in [2.05, 4.69) is 40.2 Å². The number of likely N-dealkylation sites (N-methyl/N-ethyl adjacent to an activating group) is 1. The van der Waals surface area contributed by atoms with Crippen LogP contribution in [0, 0.1) is 0 Å². The maximum absolute atomic E-state index is 12.8. The summed E-state index contributed by atoms with van der Waals surface area (Å²) in [6.45, 7) is 1.93. The molecule has 0 bridgehead atoms.